The maximum atomic E-state index is 11.3. The molecule has 0 aliphatic heterocycles. The minimum Gasteiger partial charge on any atom is -0.265 e. The summed E-state index contributed by atoms with van der Waals surface area (Å²) in [6.07, 6.45) is 4.41. The number of H-pyrrole nitrogens is 1. The number of amides is 1. The van der Waals surface area contributed by atoms with Crippen LogP contribution in [0.1, 0.15) is 10.5 Å². The number of hydrogen-bond acceptors (Lipinski definition) is 6. The summed E-state index contributed by atoms with van der Waals surface area (Å²) in [7, 11) is 0. The second kappa shape index (κ2) is 4.13. The number of carbonyl (C=O) groups is 1. The lowest BCUT2D eigenvalue weighted by Crippen LogP contribution is -2.30. The first-order valence-corrected chi connectivity index (χ1v) is 4.05. The molecule has 2 aromatic rings. The highest BCUT2D eigenvalue weighted by molar-refractivity contribution is 5.92. The number of carbonyl (C=O) groups excluding carboxylic acids is 1. The van der Waals surface area contributed by atoms with Gasteiger partial charge in [-0.05, 0) is 6.07 Å². The number of hydrazine groups is 1. The van der Waals surface area contributed by atoms with Gasteiger partial charge in [0, 0.05) is 12.4 Å². The minimum absolute atomic E-state index is 0.179. The number of anilines is 1. The van der Waals surface area contributed by atoms with Crippen molar-refractivity contribution in [3.8, 4) is 0 Å². The average molecular weight is 205 g/mol. The van der Waals surface area contributed by atoms with Crippen molar-refractivity contribution in [3.05, 3.63) is 30.4 Å². The Kier molecular flexibility index (Phi) is 2.50. The Morgan fingerprint density at radius 2 is 2.13 bits per heavy atom. The molecule has 76 valence electrons. The van der Waals surface area contributed by atoms with Gasteiger partial charge in [0.05, 0.1) is 6.20 Å². The highest BCUT2D eigenvalue weighted by atomic mass is 16.2. The topological polar surface area (TPSA) is 108 Å². The van der Waals surface area contributed by atoms with Crippen LogP contribution in [-0.4, -0.2) is 31.3 Å². The number of hydrogen-bond donors (Lipinski definition) is 3. The first-order valence-electron chi connectivity index (χ1n) is 4.05. The quantitative estimate of drug-likeness (QED) is 0.574. The summed E-state index contributed by atoms with van der Waals surface area (Å²) in [4.78, 5) is 19.0. The largest absolute Gasteiger partial charge is 0.291 e. The third-order valence-electron chi connectivity index (χ3n) is 1.50. The molecule has 0 atom stereocenters. The molecule has 2 heterocycles. The van der Waals surface area contributed by atoms with Gasteiger partial charge in [0.2, 0.25) is 5.95 Å². The van der Waals surface area contributed by atoms with Crippen LogP contribution in [0.2, 0.25) is 0 Å². The van der Waals surface area contributed by atoms with E-state index in [2.05, 4.69) is 36.2 Å². The highest BCUT2D eigenvalue weighted by Gasteiger charge is 2.07. The van der Waals surface area contributed by atoms with Gasteiger partial charge < -0.3 is 0 Å². The smallest absolute Gasteiger partial charge is 0.265 e. The lowest BCUT2D eigenvalue weighted by molar-refractivity contribution is 0.0957. The molecular weight excluding hydrogens is 198 g/mol. The van der Waals surface area contributed by atoms with Crippen molar-refractivity contribution in [2.75, 3.05) is 5.43 Å². The Bertz CT molecular complexity index is 426. The molecule has 0 fully saturated rings. The zero-order valence-electron chi connectivity index (χ0n) is 7.51. The molecule has 8 nitrogen and oxygen atoms in total. The van der Waals surface area contributed by atoms with E-state index >= 15 is 0 Å². The normalized spacial score (nSPS) is 9.60. The van der Waals surface area contributed by atoms with Crippen molar-refractivity contribution in [1.82, 2.24) is 30.8 Å². The summed E-state index contributed by atoms with van der Waals surface area (Å²) in [5.74, 6) is -0.120. The van der Waals surface area contributed by atoms with E-state index in [1.165, 1.54) is 6.20 Å². The predicted octanol–water partition coefficient (Wildman–Crippen LogP) is -0.648. The zero-order chi connectivity index (χ0) is 10.5. The Morgan fingerprint density at radius 1 is 1.33 bits per heavy atom. The van der Waals surface area contributed by atoms with Gasteiger partial charge in [-0.25, -0.2) is 9.97 Å². The average Bonchev–Trinajstić information content (AvgIpc) is 2.81. The molecule has 3 N–H and O–H groups in total. The van der Waals surface area contributed by atoms with Crippen molar-refractivity contribution in [2.24, 2.45) is 0 Å². The molecule has 0 saturated carbocycles. The Hall–Kier alpha value is -2.51. The van der Waals surface area contributed by atoms with Gasteiger partial charge in [-0.1, -0.05) is 0 Å². The second-order valence-corrected chi connectivity index (χ2v) is 2.51. The van der Waals surface area contributed by atoms with E-state index in [0.717, 1.165) is 0 Å². The molecule has 0 saturated heterocycles. The van der Waals surface area contributed by atoms with E-state index in [-0.39, 0.29) is 5.69 Å². The minimum atomic E-state index is -0.420. The fourth-order valence-corrected chi connectivity index (χ4v) is 0.851. The van der Waals surface area contributed by atoms with Crippen LogP contribution in [0.25, 0.3) is 0 Å². The number of nitrogens with zero attached hydrogens (tertiary/aromatic N) is 4. The fourth-order valence-electron chi connectivity index (χ4n) is 0.851. The summed E-state index contributed by atoms with van der Waals surface area (Å²) in [5.41, 5.74) is 5.07. The van der Waals surface area contributed by atoms with Crippen molar-refractivity contribution in [2.45, 2.75) is 0 Å². The molecule has 0 aliphatic rings. The standard InChI is InChI=1S/C7H7N7O/c15-6(5-4-10-14-11-5)12-13-7-8-2-1-3-9-7/h1-4H,(H,12,15)(H,8,9,13)(H,10,11,14). The molecule has 2 rings (SSSR count). The second-order valence-electron chi connectivity index (χ2n) is 2.51. The maximum absolute atomic E-state index is 11.3. The van der Waals surface area contributed by atoms with Gasteiger partial charge in [0.15, 0.2) is 5.69 Å². The van der Waals surface area contributed by atoms with Gasteiger partial charge in [-0.2, -0.15) is 15.4 Å². The van der Waals surface area contributed by atoms with Crippen molar-refractivity contribution in [3.63, 3.8) is 0 Å². The van der Waals surface area contributed by atoms with Crippen LogP contribution in [0.4, 0.5) is 5.95 Å². The van der Waals surface area contributed by atoms with Gasteiger partial charge in [0.25, 0.3) is 5.91 Å². The van der Waals surface area contributed by atoms with Crippen LogP contribution < -0.4 is 10.9 Å². The van der Waals surface area contributed by atoms with Crippen LogP contribution in [-0.2, 0) is 0 Å². The third-order valence-corrected chi connectivity index (χ3v) is 1.50. The Balaban J connectivity index is 1.92. The third kappa shape index (κ3) is 2.24. The fraction of sp³-hybridized carbons (Fsp3) is 0. The zero-order valence-corrected chi connectivity index (χ0v) is 7.51. The molecule has 1 amide bonds. The maximum Gasteiger partial charge on any atom is 0.291 e. The van der Waals surface area contributed by atoms with E-state index in [4.69, 9.17) is 0 Å². The molecular formula is C7H7N7O. The number of nitrogens with one attached hydrogen (secondary N) is 3. The SMILES string of the molecule is O=C(NNc1ncccn1)c1cn[nH]n1. The predicted molar refractivity (Wildman–Crippen MR) is 49.5 cm³/mol. The number of rotatable bonds is 3. The Labute approximate surface area is 84.1 Å². The lowest BCUT2D eigenvalue weighted by atomic mass is 10.5. The molecule has 0 bridgehead atoms. The number of aromatic nitrogens is 5. The summed E-state index contributed by atoms with van der Waals surface area (Å²) >= 11 is 0. The van der Waals surface area contributed by atoms with Gasteiger partial charge in [-0.15, -0.1) is 0 Å². The first kappa shape index (κ1) is 9.06. The van der Waals surface area contributed by atoms with E-state index in [1.54, 1.807) is 18.5 Å². The van der Waals surface area contributed by atoms with Crippen LogP contribution >= 0.6 is 0 Å². The molecule has 0 aromatic carbocycles. The molecule has 0 radical (unpaired) electrons. The van der Waals surface area contributed by atoms with Gasteiger partial charge >= 0.3 is 0 Å². The van der Waals surface area contributed by atoms with E-state index < -0.39 is 5.91 Å². The van der Waals surface area contributed by atoms with E-state index in [1.807, 2.05) is 0 Å². The van der Waals surface area contributed by atoms with Crippen LogP contribution in [0.5, 0.6) is 0 Å². The van der Waals surface area contributed by atoms with Gasteiger partial charge in [0.1, 0.15) is 0 Å². The van der Waals surface area contributed by atoms with Crippen molar-refractivity contribution < 1.29 is 4.79 Å². The van der Waals surface area contributed by atoms with E-state index in [9.17, 15) is 4.79 Å². The van der Waals surface area contributed by atoms with Crippen LogP contribution in [0.15, 0.2) is 24.7 Å². The molecule has 0 unspecified atom stereocenters. The molecule has 0 aliphatic carbocycles. The number of aromatic amines is 1. The summed E-state index contributed by atoms with van der Waals surface area (Å²) in [6.45, 7) is 0. The summed E-state index contributed by atoms with van der Waals surface area (Å²) in [5, 5.41) is 9.43. The lowest BCUT2D eigenvalue weighted by Gasteiger charge is -2.03. The summed E-state index contributed by atoms with van der Waals surface area (Å²) < 4.78 is 0. The van der Waals surface area contributed by atoms with Crippen LogP contribution in [0, 0.1) is 0 Å². The summed E-state index contributed by atoms with van der Waals surface area (Å²) in [6, 6.07) is 1.67. The van der Waals surface area contributed by atoms with E-state index in [0.29, 0.717) is 5.95 Å². The van der Waals surface area contributed by atoms with Gasteiger partial charge in [-0.3, -0.25) is 15.6 Å². The molecule has 15 heavy (non-hydrogen) atoms. The highest BCUT2D eigenvalue weighted by Crippen LogP contribution is 1.92. The molecule has 8 heteroatoms. The van der Waals surface area contributed by atoms with Crippen molar-refractivity contribution >= 4 is 11.9 Å². The molecule has 0 spiro atoms. The Morgan fingerprint density at radius 3 is 2.80 bits per heavy atom. The molecule has 2 aromatic heterocycles. The van der Waals surface area contributed by atoms with Crippen LogP contribution in [0.3, 0.4) is 0 Å². The first-order chi connectivity index (χ1) is 7.36. The van der Waals surface area contributed by atoms with Crippen molar-refractivity contribution in [1.29, 1.82) is 0 Å². The monoisotopic (exact) mass is 205 g/mol.